The minimum Gasteiger partial charge on any atom is -0.389 e. The molecule has 1 fully saturated rings. The molecule has 1 amide bonds. The summed E-state index contributed by atoms with van der Waals surface area (Å²) in [5, 5.41) is 21.4. The number of hydrogen-bond donors (Lipinski definition) is 3. The molecule has 3 unspecified atom stereocenters. The van der Waals surface area contributed by atoms with Crippen molar-refractivity contribution in [2.24, 2.45) is 0 Å². The molecule has 0 bridgehead atoms. The zero-order valence-corrected chi connectivity index (χ0v) is 9.72. The van der Waals surface area contributed by atoms with Crippen molar-refractivity contribution in [1.82, 2.24) is 10.2 Å². The molecule has 6 heteroatoms. The average Bonchev–Trinajstić information content (AvgIpc) is 2.45. The summed E-state index contributed by atoms with van der Waals surface area (Å²) in [7, 11) is 1.58. The molecule has 3 N–H and O–H groups in total. The van der Waals surface area contributed by atoms with Gasteiger partial charge in [0.1, 0.15) is 0 Å². The topological polar surface area (TPSA) is 82.0 Å². The molecule has 0 aromatic heterocycles. The number of nitrogens with zero attached hydrogens (tertiary/aromatic N) is 1. The maximum Gasteiger partial charge on any atom is 0.234 e. The van der Waals surface area contributed by atoms with Crippen LogP contribution in [0.1, 0.15) is 6.92 Å². The molecule has 3 atom stereocenters. The van der Waals surface area contributed by atoms with Crippen LogP contribution in [-0.2, 0) is 9.53 Å². The second-order valence-electron chi connectivity index (χ2n) is 4.25. The van der Waals surface area contributed by atoms with Crippen molar-refractivity contribution in [3.05, 3.63) is 0 Å². The molecule has 1 aliphatic heterocycles. The molecule has 1 aliphatic rings. The number of amides is 1. The number of aliphatic hydroxyl groups excluding tert-OH is 2. The molecular formula is C10H20N2O4. The number of likely N-dealkylation sites (tertiary alicyclic amines) is 1. The Morgan fingerprint density at radius 2 is 2.06 bits per heavy atom. The lowest BCUT2D eigenvalue weighted by molar-refractivity contribution is -0.123. The smallest absolute Gasteiger partial charge is 0.234 e. The first-order valence-electron chi connectivity index (χ1n) is 5.39. The second kappa shape index (κ2) is 6.15. The number of β-amino-alcohol motifs (C(OH)–C–C–N with tert-alkyl or cyclic N) is 2. The first kappa shape index (κ1) is 13.4. The van der Waals surface area contributed by atoms with Crippen LogP contribution in [0.15, 0.2) is 0 Å². The number of hydrogen-bond acceptors (Lipinski definition) is 5. The lowest BCUT2D eigenvalue weighted by atomic mass is 10.3. The Kier molecular flexibility index (Phi) is 5.14. The maximum atomic E-state index is 11.5. The van der Waals surface area contributed by atoms with Gasteiger partial charge in [0.25, 0.3) is 0 Å². The molecule has 6 nitrogen and oxygen atoms in total. The number of methoxy groups -OCH3 is 1. The van der Waals surface area contributed by atoms with Crippen LogP contribution in [0.2, 0.25) is 0 Å². The van der Waals surface area contributed by atoms with Gasteiger partial charge < -0.3 is 20.3 Å². The summed E-state index contributed by atoms with van der Waals surface area (Å²) in [6, 6.07) is -0.0325. The van der Waals surface area contributed by atoms with Crippen molar-refractivity contribution in [1.29, 1.82) is 0 Å². The number of nitrogens with one attached hydrogen (secondary N) is 1. The Morgan fingerprint density at radius 1 is 1.50 bits per heavy atom. The van der Waals surface area contributed by atoms with Crippen LogP contribution < -0.4 is 5.32 Å². The van der Waals surface area contributed by atoms with Gasteiger partial charge in [-0.1, -0.05) is 0 Å². The van der Waals surface area contributed by atoms with Gasteiger partial charge in [0.2, 0.25) is 5.91 Å². The zero-order valence-electron chi connectivity index (χ0n) is 9.72. The molecular weight excluding hydrogens is 212 g/mol. The summed E-state index contributed by atoms with van der Waals surface area (Å²) in [5.74, 6) is -0.120. The molecule has 0 aromatic rings. The summed E-state index contributed by atoms with van der Waals surface area (Å²) < 4.78 is 4.90. The molecule has 16 heavy (non-hydrogen) atoms. The maximum absolute atomic E-state index is 11.5. The minimum absolute atomic E-state index is 0.0325. The number of ether oxygens (including phenoxy) is 1. The van der Waals surface area contributed by atoms with Gasteiger partial charge in [0.05, 0.1) is 25.4 Å². The van der Waals surface area contributed by atoms with Crippen LogP contribution in [0.4, 0.5) is 0 Å². The Hall–Kier alpha value is -0.690. The highest BCUT2D eigenvalue weighted by atomic mass is 16.5. The van der Waals surface area contributed by atoms with Crippen LogP contribution in [-0.4, -0.2) is 72.6 Å². The average molecular weight is 232 g/mol. The lowest BCUT2D eigenvalue weighted by Crippen LogP contribution is -2.42. The van der Waals surface area contributed by atoms with E-state index in [9.17, 15) is 15.0 Å². The summed E-state index contributed by atoms with van der Waals surface area (Å²) >= 11 is 0. The lowest BCUT2D eigenvalue weighted by Gasteiger charge is -2.17. The van der Waals surface area contributed by atoms with Crippen LogP contribution in [0.25, 0.3) is 0 Å². The van der Waals surface area contributed by atoms with E-state index in [4.69, 9.17) is 4.74 Å². The van der Waals surface area contributed by atoms with Gasteiger partial charge in [0.15, 0.2) is 0 Å². The Bertz CT molecular complexity index is 227. The SMILES string of the molecule is COCC(C)NC(=O)CN1CC(O)C(O)C1. The number of aliphatic hydroxyl groups is 2. The van der Waals surface area contributed by atoms with Gasteiger partial charge in [-0.15, -0.1) is 0 Å². The fraction of sp³-hybridized carbons (Fsp3) is 0.900. The van der Waals surface area contributed by atoms with E-state index in [0.29, 0.717) is 19.7 Å². The van der Waals surface area contributed by atoms with Crippen LogP contribution in [0.3, 0.4) is 0 Å². The van der Waals surface area contributed by atoms with E-state index < -0.39 is 12.2 Å². The van der Waals surface area contributed by atoms with E-state index in [-0.39, 0.29) is 18.5 Å². The predicted molar refractivity (Wildman–Crippen MR) is 57.9 cm³/mol. The first-order chi connectivity index (χ1) is 7.52. The largest absolute Gasteiger partial charge is 0.389 e. The van der Waals surface area contributed by atoms with E-state index >= 15 is 0 Å². The molecule has 1 saturated heterocycles. The monoisotopic (exact) mass is 232 g/mol. The molecule has 1 rings (SSSR count). The summed E-state index contributed by atoms with van der Waals surface area (Å²) in [6.45, 7) is 3.20. The third-order valence-corrected chi connectivity index (χ3v) is 2.53. The van der Waals surface area contributed by atoms with Gasteiger partial charge >= 0.3 is 0 Å². The van der Waals surface area contributed by atoms with E-state index in [1.165, 1.54) is 0 Å². The van der Waals surface area contributed by atoms with Crippen LogP contribution in [0.5, 0.6) is 0 Å². The molecule has 1 heterocycles. The van der Waals surface area contributed by atoms with Crippen molar-refractivity contribution in [2.75, 3.05) is 33.4 Å². The number of carbonyl (C=O) groups is 1. The summed E-state index contributed by atoms with van der Waals surface area (Å²) in [6.07, 6.45) is -1.49. The van der Waals surface area contributed by atoms with Crippen molar-refractivity contribution in [2.45, 2.75) is 25.2 Å². The fourth-order valence-electron chi connectivity index (χ4n) is 1.79. The van der Waals surface area contributed by atoms with E-state index in [1.54, 1.807) is 12.0 Å². The highest BCUT2D eigenvalue weighted by molar-refractivity contribution is 5.78. The molecule has 0 radical (unpaired) electrons. The first-order valence-corrected chi connectivity index (χ1v) is 5.39. The van der Waals surface area contributed by atoms with E-state index in [1.807, 2.05) is 6.92 Å². The minimum atomic E-state index is -0.746. The fourth-order valence-corrected chi connectivity index (χ4v) is 1.79. The highest BCUT2D eigenvalue weighted by Crippen LogP contribution is 2.08. The van der Waals surface area contributed by atoms with Gasteiger partial charge in [-0.25, -0.2) is 0 Å². The Morgan fingerprint density at radius 3 is 2.56 bits per heavy atom. The third kappa shape index (κ3) is 4.05. The van der Waals surface area contributed by atoms with Crippen LogP contribution >= 0.6 is 0 Å². The summed E-state index contributed by atoms with van der Waals surface area (Å²) in [4.78, 5) is 13.3. The zero-order chi connectivity index (χ0) is 12.1. The van der Waals surface area contributed by atoms with Crippen molar-refractivity contribution in [3.8, 4) is 0 Å². The van der Waals surface area contributed by atoms with Gasteiger partial charge in [-0.05, 0) is 6.92 Å². The summed E-state index contributed by atoms with van der Waals surface area (Å²) in [5.41, 5.74) is 0. The standard InChI is InChI=1S/C10H20N2O4/c1-7(6-16-2)11-10(15)5-12-3-8(13)9(14)4-12/h7-9,13-14H,3-6H2,1-2H3,(H,11,15). The van der Waals surface area contributed by atoms with Gasteiger partial charge in [-0.3, -0.25) is 9.69 Å². The molecule has 0 aliphatic carbocycles. The molecule has 0 aromatic carbocycles. The van der Waals surface area contributed by atoms with Gasteiger partial charge in [0, 0.05) is 26.2 Å². The van der Waals surface area contributed by atoms with E-state index in [2.05, 4.69) is 5.32 Å². The number of carbonyl (C=O) groups excluding carboxylic acids is 1. The molecule has 0 saturated carbocycles. The van der Waals surface area contributed by atoms with Crippen molar-refractivity contribution in [3.63, 3.8) is 0 Å². The number of rotatable bonds is 5. The predicted octanol–water partition coefficient (Wildman–Crippen LogP) is -1.83. The second-order valence-corrected chi connectivity index (χ2v) is 4.25. The highest BCUT2D eigenvalue weighted by Gasteiger charge is 2.30. The van der Waals surface area contributed by atoms with Crippen molar-refractivity contribution < 1.29 is 19.7 Å². The van der Waals surface area contributed by atoms with E-state index in [0.717, 1.165) is 0 Å². The normalized spacial score (nSPS) is 28.0. The third-order valence-electron chi connectivity index (χ3n) is 2.53. The van der Waals surface area contributed by atoms with Gasteiger partial charge in [-0.2, -0.15) is 0 Å². The van der Waals surface area contributed by atoms with Crippen LogP contribution in [0, 0.1) is 0 Å². The van der Waals surface area contributed by atoms with Crippen molar-refractivity contribution >= 4 is 5.91 Å². The molecule has 0 spiro atoms. The molecule has 94 valence electrons. The quantitative estimate of drug-likeness (QED) is 0.520. The Balaban J connectivity index is 2.24. The Labute approximate surface area is 95.2 Å².